The van der Waals surface area contributed by atoms with Crippen molar-refractivity contribution in [2.24, 2.45) is 11.8 Å². The Morgan fingerprint density at radius 2 is 1.77 bits per heavy atom. The fourth-order valence-corrected chi connectivity index (χ4v) is 1.48. The van der Waals surface area contributed by atoms with Crippen molar-refractivity contribution in [3.05, 3.63) is 0 Å². The molecular formula is C9H16N2O2. The fourth-order valence-electron chi connectivity index (χ4n) is 1.48. The molecule has 1 rings (SSSR count). The molecule has 1 aliphatic heterocycles. The molecule has 0 spiro atoms. The number of amides is 2. The molecular weight excluding hydrogens is 168 g/mol. The first-order chi connectivity index (χ1) is 5.95. The van der Waals surface area contributed by atoms with E-state index in [0.29, 0.717) is 0 Å². The molecule has 1 aliphatic rings. The maximum Gasteiger partial charge on any atom is 0.254 e. The summed E-state index contributed by atoms with van der Waals surface area (Å²) < 4.78 is 0. The third kappa shape index (κ3) is 1.66. The lowest BCUT2D eigenvalue weighted by atomic mass is 9.95. The molecule has 1 N–H and O–H groups in total. The first kappa shape index (κ1) is 10.0. The van der Waals surface area contributed by atoms with Crippen LogP contribution < -0.4 is 5.43 Å². The highest BCUT2D eigenvalue weighted by Crippen LogP contribution is 2.20. The largest absolute Gasteiger partial charge is 0.272 e. The van der Waals surface area contributed by atoms with Gasteiger partial charge < -0.3 is 0 Å². The average molecular weight is 184 g/mol. The SMILES string of the molecule is CC(C)C1C(=O)NN(C(C)C)C1=O. The molecule has 0 aromatic carbocycles. The highest BCUT2D eigenvalue weighted by atomic mass is 16.2. The Morgan fingerprint density at radius 3 is 2.00 bits per heavy atom. The molecule has 1 saturated heterocycles. The minimum absolute atomic E-state index is 0.0280. The van der Waals surface area contributed by atoms with Crippen molar-refractivity contribution in [2.75, 3.05) is 0 Å². The number of hydrogen-bond acceptors (Lipinski definition) is 2. The number of carbonyl (C=O) groups is 2. The number of carbonyl (C=O) groups excluding carboxylic acids is 2. The molecule has 0 bridgehead atoms. The number of hydrogen-bond donors (Lipinski definition) is 1. The Hall–Kier alpha value is -1.06. The highest BCUT2D eigenvalue weighted by molar-refractivity contribution is 6.05. The van der Waals surface area contributed by atoms with E-state index in [9.17, 15) is 9.59 Å². The maximum absolute atomic E-state index is 11.6. The van der Waals surface area contributed by atoms with Gasteiger partial charge in [-0.15, -0.1) is 0 Å². The van der Waals surface area contributed by atoms with Crippen LogP contribution in [-0.4, -0.2) is 22.9 Å². The van der Waals surface area contributed by atoms with E-state index in [0.717, 1.165) is 0 Å². The number of rotatable bonds is 2. The zero-order chi connectivity index (χ0) is 10.2. The summed E-state index contributed by atoms with van der Waals surface area (Å²) in [5, 5.41) is 1.41. The monoisotopic (exact) mass is 184 g/mol. The lowest BCUT2D eigenvalue weighted by Gasteiger charge is -2.19. The van der Waals surface area contributed by atoms with E-state index in [4.69, 9.17) is 0 Å². The summed E-state index contributed by atoms with van der Waals surface area (Å²) in [6.45, 7) is 7.51. The van der Waals surface area contributed by atoms with Gasteiger partial charge in [0.05, 0.1) is 0 Å². The van der Waals surface area contributed by atoms with E-state index in [2.05, 4.69) is 5.43 Å². The van der Waals surface area contributed by atoms with Gasteiger partial charge in [-0.1, -0.05) is 13.8 Å². The highest BCUT2D eigenvalue weighted by Gasteiger charge is 2.41. The Labute approximate surface area is 78.3 Å². The Balaban J connectivity index is 2.82. The summed E-state index contributed by atoms with van der Waals surface area (Å²) in [6, 6.07) is 0.0280. The normalized spacial score (nSPS) is 23.2. The Kier molecular flexibility index (Phi) is 2.59. The van der Waals surface area contributed by atoms with Gasteiger partial charge in [0.2, 0.25) is 0 Å². The van der Waals surface area contributed by atoms with Gasteiger partial charge in [0, 0.05) is 6.04 Å². The molecule has 1 atom stereocenters. The van der Waals surface area contributed by atoms with Crippen molar-refractivity contribution in [3.63, 3.8) is 0 Å². The first-order valence-corrected chi connectivity index (χ1v) is 4.58. The zero-order valence-corrected chi connectivity index (χ0v) is 8.50. The third-order valence-corrected chi connectivity index (χ3v) is 2.20. The summed E-state index contributed by atoms with van der Waals surface area (Å²) in [5.74, 6) is -0.706. The summed E-state index contributed by atoms with van der Waals surface area (Å²) in [7, 11) is 0. The van der Waals surface area contributed by atoms with Crippen LogP contribution in [-0.2, 0) is 9.59 Å². The summed E-state index contributed by atoms with van der Waals surface area (Å²) in [6.07, 6.45) is 0. The van der Waals surface area contributed by atoms with Crippen LogP contribution in [0.5, 0.6) is 0 Å². The number of nitrogens with zero attached hydrogens (tertiary/aromatic N) is 1. The molecule has 2 amide bonds. The van der Waals surface area contributed by atoms with E-state index < -0.39 is 5.92 Å². The van der Waals surface area contributed by atoms with Gasteiger partial charge in [-0.05, 0) is 19.8 Å². The van der Waals surface area contributed by atoms with Gasteiger partial charge in [-0.2, -0.15) is 0 Å². The van der Waals surface area contributed by atoms with Crippen molar-refractivity contribution in [1.29, 1.82) is 0 Å². The number of nitrogens with one attached hydrogen (secondary N) is 1. The van der Waals surface area contributed by atoms with E-state index in [-0.39, 0.29) is 23.8 Å². The lowest BCUT2D eigenvalue weighted by Crippen LogP contribution is -2.41. The second-order valence-corrected chi connectivity index (χ2v) is 4.00. The van der Waals surface area contributed by atoms with E-state index in [1.165, 1.54) is 5.01 Å². The molecule has 1 unspecified atom stereocenters. The lowest BCUT2D eigenvalue weighted by molar-refractivity contribution is -0.135. The molecule has 1 fully saturated rings. The van der Waals surface area contributed by atoms with Crippen molar-refractivity contribution in [3.8, 4) is 0 Å². The third-order valence-electron chi connectivity index (χ3n) is 2.20. The van der Waals surface area contributed by atoms with E-state index >= 15 is 0 Å². The van der Waals surface area contributed by atoms with Crippen LogP contribution in [0.1, 0.15) is 27.7 Å². The smallest absolute Gasteiger partial charge is 0.254 e. The van der Waals surface area contributed by atoms with Gasteiger partial charge in [-0.25, -0.2) is 0 Å². The summed E-state index contributed by atoms with van der Waals surface area (Å²) in [4.78, 5) is 23.0. The van der Waals surface area contributed by atoms with Crippen molar-refractivity contribution < 1.29 is 9.59 Å². The van der Waals surface area contributed by atoms with Crippen LogP contribution in [0.3, 0.4) is 0 Å². The molecule has 4 heteroatoms. The maximum atomic E-state index is 11.6. The Morgan fingerprint density at radius 1 is 1.23 bits per heavy atom. The molecule has 0 aromatic heterocycles. The minimum atomic E-state index is -0.498. The summed E-state index contributed by atoms with van der Waals surface area (Å²) in [5.41, 5.74) is 2.58. The van der Waals surface area contributed by atoms with Crippen LogP contribution in [0, 0.1) is 11.8 Å². The van der Waals surface area contributed by atoms with Gasteiger partial charge in [0.15, 0.2) is 0 Å². The van der Waals surface area contributed by atoms with Crippen LogP contribution in [0.15, 0.2) is 0 Å². The van der Waals surface area contributed by atoms with Crippen molar-refractivity contribution in [2.45, 2.75) is 33.7 Å². The first-order valence-electron chi connectivity index (χ1n) is 4.58. The van der Waals surface area contributed by atoms with E-state index in [1.807, 2.05) is 27.7 Å². The molecule has 0 saturated carbocycles. The van der Waals surface area contributed by atoms with Gasteiger partial charge >= 0.3 is 0 Å². The molecule has 74 valence electrons. The predicted molar refractivity (Wildman–Crippen MR) is 48.5 cm³/mol. The standard InChI is InChI=1S/C9H16N2O2/c1-5(2)7-8(12)10-11(6(3)4)9(7)13/h5-7H,1-4H3,(H,10,12). The van der Waals surface area contributed by atoms with Crippen LogP contribution in [0.4, 0.5) is 0 Å². The topological polar surface area (TPSA) is 49.4 Å². The average Bonchev–Trinajstić information content (AvgIpc) is 2.26. The second kappa shape index (κ2) is 3.36. The Bertz CT molecular complexity index is 236. The molecule has 1 heterocycles. The quantitative estimate of drug-likeness (QED) is 0.637. The molecule has 0 aromatic rings. The van der Waals surface area contributed by atoms with Crippen molar-refractivity contribution >= 4 is 11.8 Å². The van der Waals surface area contributed by atoms with E-state index in [1.54, 1.807) is 0 Å². The van der Waals surface area contributed by atoms with Gasteiger partial charge in [0.1, 0.15) is 5.92 Å². The van der Waals surface area contributed by atoms with Gasteiger partial charge in [-0.3, -0.25) is 20.0 Å². The fraction of sp³-hybridized carbons (Fsp3) is 0.778. The predicted octanol–water partition coefficient (Wildman–Crippen LogP) is 0.540. The molecule has 13 heavy (non-hydrogen) atoms. The van der Waals surface area contributed by atoms with Crippen LogP contribution in [0.25, 0.3) is 0 Å². The van der Waals surface area contributed by atoms with Gasteiger partial charge in [0.25, 0.3) is 11.8 Å². The molecule has 0 radical (unpaired) electrons. The minimum Gasteiger partial charge on any atom is -0.272 e. The summed E-state index contributed by atoms with van der Waals surface area (Å²) >= 11 is 0. The number of hydrazine groups is 1. The van der Waals surface area contributed by atoms with Crippen LogP contribution in [0.2, 0.25) is 0 Å². The zero-order valence-electron chi connectivity index (χ0n) is 8.50. The van der Waals surface area contributed by atoms with Crippen LogP contribution >= 0.6 is 0 Å². The molecule has 4 nitrogen and oxygen atoms in total. The second-order valence-electron chi connectivity index (χ2n) is 4.00. The molecule has 0 aliphatic carbocycles. The van der Waals surface area contributed by atoms with Crippen molar-refractivity contribution in [1.82, 2.24) is 10.4 Å².